The van der Waals surface area contributed by atoms with E-state index in [4.69, 9.17) is 4.74 Å². The van der Waals surface area contributed by atoms with E-state index in [2.05, 4.69) is 19.9 Å². The Balaban J connectivity index is 1.77. The highest BCUT2D eigenvalue weighted by atomic mass is 16.5. The van der Waals surface area contributed by atoms with Crippen LogP contribution in [-0.2, 0) is 24.4 Å². The van der Waals surface area contributed by atoms with Gasteiger partial charge in [-0.2, -0.15) is 0 Å². The van der Waals surface area contributed by atoms with Crippen molar-refractivity contribution in [3.8, 4) is 0 Å². The normalized spacial score (nSPS) is 10.7. The number of aromatic nitrogens is 3. The summed E-state index contributed by atoms with van der Waals surface area (Å²) in [5, 5.41) is 0. The van der Waals surface area contributed by atoms with Gasteiger partial charge in [-0.25, -0.2) is 4.79 Å². The number of rotatable bonds is 8. The van der Waals surface area contributed by atoms with Crippen molar-refractivity contribution in [1.82, 2.24) is 19.9 Å². The van der Waals surface area contributed by atoms with E-state index in [9.17, 15) is 9.59 Å². The number of ether oxygens (including phenoxy) is 1. The number of carbonyl (C=O) groups is 2. The second kappa shape index (κ2) is 9.66. The standard InChI is InChI=1S/C22H22N4O3/c1-16-3-6-19(23-9-16)12-26(13-20-7-4-17(15-27)10-24-20)14-21-8-5-18(11-25-21)22(28)29-2/h3-11,15H,12-14H2,1-2H3. The lowest BCUT2D eigenvalue weighted by Gasteiger charge is -2.21. The predicted octanol–water partition coefficient (Wildman–Crippen LogP) is 2.98. The molecule has 3 heterocycles. The molecule has 0 saturated heterocycles. The van der Waals surface area contributed by atoms with Crippen LogP contribution in [0.15, 0.2) is 55.0 Å². The van der Waals surface area contributed by atoms with E-state index in [1.807, 2.05) is 37.4 Å². The minimum absolute atomic E-state index is 0.411. The van der Waals surface area contributed by atoms with Crippen molar-refractivity contribution >= 4 is 12.3 Å². The third kappa shape index (κ3) is 5.76. The second-order valence-corrected chi connectivity index (χ2v) is 6.70. The van der Waals surface area contributed by atoms with Gasteiger partial charge in [0.05, 0.1) is 29.8 Å². The topological polar surface area (TPSA) is 85.3 Å². The lowest BCUT2D eigenvalue weighted by atomic mass is 10.2. The van der Waals surface area contributed by atoms with Crippen molar-refractivity contribution < 1.29 is 14.3 Å². The van der Waals surface area contributed by atoms with Gasteiger partial charge in [0.25, 0.3) is 0 Å². The van der Waals surface area contributed by atoms with E-state index < -0.39 is 5.97 Å². The summed E-state index contributed by atoms with van der Waals surface area (Å²) >= 11 is 0. The van der Waals surface area contributed by atoms with Crippen LogP contribution in [0.4, 0.5) is 0 Å². The Kier molecular flexibility index (Phi) is 6.76. The molecule has 7 nitrogen and oxygen atoms in total. The molecule has 0 unspecified atom stereocenters. The molecule has 0 saturated carbocycles. The maximum absolute atomic E-state index is 11.6. The van der Waals surface area contributed by atoms with Crippen LogP contribution in [0.3, 0.4) is 0 Å². The molecule has 0 fully saturated rings. The Bertz CT molecular complexity index is 955. The molecule has 0 aliphatic rings. The summed E-state index contributed by atoms with van der Waals surface area (Å²) in [5.41, 5.74) is 4.65. The first-order valence-electron chi connectivity index (χ1n) is 9.14. The van der Waals surface area contributed by atoms with Gasteiger partial charge in [0, 0.05) is 43.8 Å². The average molecular weight is 390 g/mol. The smallest absolute Gasteiger partial charge is 0.339 e. The highest BCUT2D eigenvalue weighted by Gasteiger charge is 2.12. The van der Waals surface area contributed by atoms with Gasteiger partial charge in [-0.1, -0.05) is 6.07 Å². The Morgan fingerprint density at radius 1 is 0.897 bits per heavy atom. The lowest BCUT2D eigenvalue weighted by Crippen LogP contribution is -2.24. The highest BCUT2D eigenvalue weighted by Crippen LogP contribution is 2.13. The number of aryl methyl sites for hydroxylation is 1. The van der Waals surface area contributed by atoms with E-state index in [1.165, 1.54) is 13.3 Å². The Morgan fingerprint density at radius 3 is 1.93 bits per heavy atom. The fourth-order valence-corrected chi connectivity index (χ4v) is 2.80. The monoisotopic (exact) mass is 390 g/mol. The van der Waals surface area contributed by atoms with Gasteiger partial charge in [0.15, 0.2) is 6.29 Å². The lowest BCUT2D eigenvalue weighted by molar-refractivity contribution is 0.0600. The van der Waals surface area contributed by atoms with Crippen LogP contribution in [0.5, 0.6) is 0 Å². The molecule has 0 bridgehead atoms. The summed E-state index contributed by atoms with van der Waals surface area (Å²) in [4.78, 5) is 37.8. The molecule has 3 aromatic rings. The molecular weight excluding hydrogens is 368 g/mol. The van der Waals surface area contributed by atoms with Crippen molar-refractivity contribution in [3.05, 3.63) is 88.8 Å². The minimum Gasteiger partial charge on any atom is -0.465 e. The molecule has 29 heavy (non-hydrogen) atoms. The van der Waals surface area contributed by atoms with Gasteiger partial charge in [0.1, 0.15) is 0 Å². The van der Waals surface area contributed by atoms with Crippen LogP contribution in [0, 0.1) is 6.92 Å². The molecular formula is C22H22N4O3. The molecule has 0 aromatic carbocycles. The molecule has 148 valence electrons. The number of carbonyl (C=O) groups excluding carboxylic acids is 2. The number of aldehydes is 1. The summed E-state index contributed by atoms with van der Waals surface area (Å²) in [5.74, 6) is -0.413. The molecule has 0 amide bonds. The number of esters is 1. The minimum atomic E-state index is -0.413. The summed E-state index contributed by atoms with van der Waals surface area (Å²) in [7, 11) is 1.34. The largest absolute Gasteiger partial charge is 0.465 e. The second-order valence-electron chi connectivity index (χ2n) is 6.70. The summed E-state index contributed by atoms with van der Waals surface area (Å²) in [6.45, 7) is 3.72. The van der Waals surface area contributed by atoms with E-state index in [-0.39, 0.29) is 0 Å². The van der Waals surface area contributed by atoms with E-state index in [0.717, 1.165) is 28.9 Å². The molecule has 0 radical (unpaired) electrons. The van der Waals surface area contributed by atoms with Gasteiger partial charge in [-0.3, -0.25) is 24.6 Å². The molecule has 0 aliphatic carbocycles. The van der Waals surface area contributed by atoms with Gasteiger partial charge < -0.3 is 4.74 Å². The first kappa shape index (κ1) is 20.3. The quantitative estimate of drug-likeness (QED) is 0.432. The van der Waals surface area contributed by atoms with Gasteiger partial charge in [-0.15, -0.1) is 0 Å². The van der Waals surface area contributed by atoms with Gasteiger partial charge >= 0.3 is 5.97 Å². The number of hydrogen-bond acceptors (Lipinski definition) is 7. The molecule has 3 aromatic heterocycles. The Labute approximate surface area is 169 Å². The first-order valence-corrected chi connectivity index (χ1v) is 9.14. The number of methoxy groups -OCH3 is 1. The van der Waals surface area contributed by atoms with Crippen molar-refractivity contribution in [3.63, 3.8) is 0 Å². The predicted molar refractivity (Wildman–Crippen MR) is 107 cm³/mol. The Morgan fingerprint density at radius 2 is 1.48 bits per heavy atom. The third-order valence-electron chi connectivity index (χ3n) is 4.36. The van der Waals surface area contributed by atoms with E-state index in [0.29, 0.717) is 30.8 Å². The zero-order chi connectivity index (χ0) is 20.6. The molecule has 0 spiro atoms. The van der Waals surface area contributed by atoms with Crippen LogP contribution in [-0.4, -0.2) is 39.2 Å². The fourth-order valence-electron chi connectivity index (χ4n) is 2.80. The molecule has 0 N–H and O–H groups in total. The maximum atomic E-state index is 11.6. The SMILES string of the molecule is COC(=O)c1ccc(CN(Cc2ccc(C)cn2)Cc2ccc(C=O)cn2)nc1. The van der Waals surface area contributed by atoms with Crippen molar-refractivity contribution in [1.29, 1.82) is 0 Å². The van der Waals surface area contributed by atoms with Crippen LogP contribution in [0.2, 0.25) is 0 Å². The van der Waals surface area contributed by atoms with Crippen LogP contribution < -0.4 is 0 Å². The van der Waals surface area contributed by atoms with Crippen molar-refractivity contribution in [2.45, 2.75) is 26.6 Å². The van der Waals surface area contributed by atoms with Gasteiger partial charge in [0.2, 0.25) is 0 Å². The highest BCUT2D eigenvalue weighted by molar-refractivity contribution is 5.88. The molecule has 7 heteroatoms. The summed E-state index contributed by atoms with van der Waals surface area (Å²) in [6, 6.07) is 11.1. The maximum Gasteiger partial charge on any atom is 0.339 e. The molecule has 0 atom stereocenters. The Hall–Kier alpha value is -3.45. The third-order valence-corrected chi connectivity index (χ3v) is 4.36. The van der Waals surface area contributed by atoms with Crippen LogP contribution >= 0.6 is 0 Å². The summed E-state index contributed by atoms with van der Waals surface area (Å²) in [6.07, 6.45) is 5.69. The van der Waals surface area contributed by atoms with Gasteiger partial charge in [-0.05, 0) is 42.8 Å². The zero-order valence-electron chi connectivity index (χ0n) is 16.4. The number of pyridine rings is 3. The average Bonchev–Trinajstić information content (AvgIpc) is 2.76. The van der Waals surface area contributed by atoms with E-state index in [1.54, 1.807) is 18.3 Å². The van der Waals surface area contributed by atoms with E-state index >= 15 is 0 Å². The fraction of sp³-hybridized carbons (Fsp3) is 0.227. The zero-order valence-corrected chi connectivity index (χ0v) is 16.4. The van der Waals surface area contributed by atoms with Crippen molar-refractivity contribution in [2.75, 3.05) is 7.11 Å². The summed E-state index contributed by atoms with van der Waals surface area (Å²) < 4.78 is 4.71. The molecule has 0 aliphatic heterocycles. The van der Waals surface area contributed by atoms with Crippen LogP contribution in [0.1, 0.15) is 43.4 Å². The number of nitrogens with zero attached hydrogens (tertiary/aromatic N) is 4. The number of hydrogen-bond donors (Lipinski definition) is 0. The van der Waals surface area contributed by atoms with Crippen LogP contribution in [0.25, 0.3) is 0 Å². The first-order chi connectivity index (χ1) is 14.1. The van der Waals surface area contributed by atoms with Crippen molar-refractivity contribution in [2.24, 2.45) is 0 Å². The molecule has 3 rings (SSSR count).